The minimum absolute atomic E-state index is 0.571. The predicted octanol–water partition coefficient (Wildman–Crippen LogP) is 2.26. The van der Waals surface area contributed by atoms with Crippen molar-refractivity contribution in [3.8, 4) is 0 Å². The number of hydrogen-bond donors (Lipinski definition) is 1. The quantitative estimate of drug-likeness (QED) is 0.549. The molecular formula is C11H23BrN2O2S. The fourth-order valence-corrected chi connectivity index (χ4v) is 3.69. The molecule has 1 heterocycles. The number of nitrogens with zero attached hydrogens (tertiary/aromatic N) is 1. The van der Waals surface area contributed by atoms with Gasteiger partial charge in [-0.3, -0.25) is 0 Å². The van der Waals surface area contributed by atoms with E-state index in [-0.39, 0.29) is 0 Å². The lowest BCUT2D eigenvalue weighted by Gasteiger charge is -2.25. The zero-order valence-corrected chi connectivity index (χ0v) is 12.7. The van der Waals surface area contributed by atoms with Crippen molar-refractivity contribution >= 4 is 26.1 Å². The average Bonchev–Trinajstić information content (AvgIpc) is 2.35. The Morgan fingerprint density at radius 2 is 1.65 bits per heavy atom. The molecule has 0 bridgehead atoms. The minimum atomic E-state index is -3.20. The van der Waals surface area contributed by atoms with Crippen molar-refractivity contribution in [1.29, 1.82) is 0 Å². The molecule has 1 aliphatic heterocycles. The predicted molar refractivity (Wildman–Crippen MR) is 74.6 cm³/mol. The van der Waals surface area contributed by atoms with Crippen LogP contribution in [0.25, 0.3) is 0 Å². The van der Waals surface area contributed by atoms with Crippen LogP contribution in [0, 0.1) is 0 Å². The third kappa shape index (κ3) is 6.18. The number of hydrogen-bond acceptors (Lipinski definition) is 2. The van der Waals surface area contributed by atoms with E-state index >= 15 is 0 Å². The Bertz CT molecular complexity index is 290. The molecule has 1 aliphatic rings. The van der Waals surface area contributed by atoms with Crippen molar-refractivity contribution in [3.63, 3.8) is 0 Å². The fraction of sp³-hybridized carbons (Fsp3) is 1.00. The van der Waals surface area contributed by atoms with Gasteiger partial charge < -0.3 is 0 Å². The van der Waals surface area contributed by atoms with E-state index in [0.29, 0.717) is 19.6 Å². The number of rotatable bonds is 8. The summed E-state index contributed by atoms with van der Waals surface area (Å²) in [5, 5.41) is 1.03. The molecule has 0 saturated carbocycles. The number of nitrogens with one attached hydrogen (secondary N) is 1. The summed E-state index contributed by atoms with van der Waals surface area (Å²) in [6.45, 7) is 1.93. The van der Waals surface area contributed by atoms with E-state index in [4.69, 9.17) is 0 Å². The second-order valence-electron chi connectivity index (χ2n) is 4.46. The van der Waals surface area contributed by atoms with Crippen LogP contribution < -0.4 is 4.72 Å². The lowest BCUT2D eigenvalue weighted by Crippen LogP contribution is -2.43. The summed E-state index contributed by atoms with van der Waals surface area (Å²) in [5.41, 5.74) is 0. The highest BCUT2D eigenvalue weighted by Gasteiger charge is 2.22. The smallest absolute Gasteiger partial charge is 0.202 e. The second kappa shape index (κ2) is 8.45. The van der Waals surface area contributed by atoms with Gasteiger partial charge in [0.15, 0.2) is 0 Å². The standard InChI is InChI=1S/C11H23BrN2O2S/c12-8-4-1-2-5-9-13-17(15,16)14-10-6-3-7-11-14/h13H,1-11H2. The summed E-state index contributed by atoms with van der Waals surface area (Å²) in [4.78, 5) is 0. The Morgan fingerprint density at radius 1 is 1.00 bits per heavy atom. The van der Waals surface area contributed by atoms with Crippen LogP contribution in [0.15, 0.2) is 0 Å². The van der Waals surface area contributed by atoms with Gasteiger partial charge in [0, 0.05) is 25.0 Å². The minimum Gasteiger partial charge on any atom is -0.202 e. The van der Waals surface area contributed by atoms with Crippen LogP contribution in [-0.2, 0) is 10.2 Å². The van der Waals surface area contributed by atoms with Crippen LogP contribution in [0.1, 0.15) is 44.9 Å². The van der Waals surface area contributed by atoms with Crippen molar-refractivity contribution in [1.82, 2.24) is 9.03 Å². The first-order valence-corrected chi connectivity index (χ1v) is 9.03. The van der Waals surface area contributed by atoms with Gasteiger partial charge in [0.25, 0.3) is 10.2 Å². The van der Waals surface area contributed by atoms with Gasteiger partial charge in [-0.05, 0) is 25.7 Å². The number of unbranched alkanes of at least 4 members (excludes halogenated alkanes) is 3. The highest BCUT2D eigenvalue weighted by Crippen LogP contribution is 2.11. The van der Waals surface area contributed by atoms with Crippen LogP contribution >= 0.6 is 15.9 Å². The van der Waals surface area contributed by atoms with E-state index in [1.807, 2.05) is 0 Å². The second-order valence-corrected chi connectivity index (χ2v) is 7.01. The fourth-order valence-electron chi connectivity index (χ4n) is 1.97. The Labute approximate surface area is 113 Å². The molecule has 0 unspecified atom stereocenters. The van der Waals surface area contributed by atoms with Gasteiger partial charge in [-0.25, -0.2) is 4.72 Å². The van der Waals surface area contributed by atoms with Crippen molar-refractivity contribution in [3.05, 3.63) is 0 Å². The van der Waals surface area contributed by atoms with E-state index in [9.17, 15) is 8.42 Å². The molecule has 1 rings (SSSR count). The first-order chi connectivity index (χ1) is 8.17. The van der Waals surface area contributed by atoms with E-state index in [2.05, 4.69) is 20.7 Å². The number of piperidine rings is 1. The molecule has 0 aromatic heterocycles. The monoisotopic (exact) mass is 326 g/mol. The molecule has 102 valence electrons. The molecule has 0 amide bonds. The lowest BCUT2D eigenvalue weighted by atomic mass is 10.2. The molecule has 0 radical (unpaired) electrons. The summed E-state index contributed by atoms with van der Waals surface area (Å²) >= 11 is 3.38. The summed E-state index contributed by atoms with van der Waals surface area (Å²) in [7, 11) is -3.20. The van der Waals surface area contributed by atoms with Crippen molar-refractivity contribution in [2.45, 2.75) is 44.9 Å². The normalized spacial score (nSPS) is 18.4. The van der Waals surface area contributed by atoms with Crippen LogP contribution in [0.5, 0.6) is 0 Å². The molecule has 6 heteroatoms. The van der Waals surface area contributed by atoms with Gasteiger partial charge >= 0.3 is 0 Å². The molecular weight excluding hydrogens is 304 g/mol. The van der Waals surface area contributed by atoms with Gasteiger partial charge in [-0.2, -0.15) is 12.7 Å². The Kier molecular flexibility index (Phi) is 7.66. The molecule has 1 saturated heterocycles. The highest BCUT2D eigenvalue weighted by molar-refractivity contribution is 9.09. The molecule has 0 aromatic carbocycles. The molecule has 1 N–H and O–H groups in total. The van der Waals surface area contributed by atoms with Crippen LogP contribution in [-0.4, -0.2) is 37.7 Å². The summed E-state index contributed by atoms with van der Waals surface area (Å²) in [6, 6.07) is 0. The van der Waals surface area contributed by atoms with Crippen LogP contribution in [0.2, 0.25) is 0 Å². The van der Waals surface area contributed by atoms with Crippen molar-refractivity contribution in [2.75, 3.05) is 25.0 Å². The summed E-state index contributed by atoms with van der Waals surface area (Å²) < 4.78 is 28.0. The van der Waals surface area contributed by atoms with E-state index in [0.717, 1.165) is 43.9 Å². The molecule has 4 nitrogen and oxygen atoms in total. The van der Waals surface area contributed by atoms with Gasteiger partial charge in [0.2, 0.25) is 0 Å². The van der Waals surface area contributed by atoms with Gasteiger partial charge in [0.05, 0.1) is 0 Å². The summed E-state index contributed by atoms with van der Waals surface area (Å²) in [6.07, 6.45) is 7.49. The third-order valence-corrected chi connectivity index (χ3v) is 5.17. The number of halogens is 1. The zero-order valence-electron chi connectivity index (χ0n) is 10.3. The van der Waals surface area contributed by atoms with Crippen molar-refractivity contribution < 1.29 is 8.42 Å². The Hall–Kier alpha value is 0.350. The SMILES string of the molecule is O=S(=O)(NCCCCCCBr)N1CCCCC1. The van der Waals surface area contributed by atoms with E-state index in [1.54, 1.807) is 4.31 Å². The maximum Gasteiger partial charge on any atom is 0.279 e. The number of alkyl halides is 1. The van der Waals surface area contributed by atoms with Crippen LogP contribution in [0.3, 0.4) is 0 Å². The zero-order chi connectivity index (χ0) is 12.6. The molecule has 0 aliphatic carbocycles. The van der Waals surface area contributed by atoms with Gasteiger partial charge in [-0.1, -0.05) is 35.2 Å². The average molecular weight is 327 g/mol. The first kappa shape index (κ1) is 15.4. The molecule has 17 heavy (non-hydrogen) atoms. The molecule has 0 spiro atoms. The Morgan fingerprint density at radius 3 is 2.29 bits per heavy atom. The maximum absolute atomic E-state index is 11.9. The Balaban J connectivity index is 2.15. The highest BCUT2D eigenvalue weighted by atomic mass is 79.9. The molecule has 1 fully saturated rings. The third-order valence-electron chi connectivity index (χ3n) is 3.00. The topological polar surface area (TPSA) is 49.4 Å². The van der Waals surface area contributed by atoms with E-state index in [1.165, 1.54) is 6.42 Å². The van der Waals surface area contributed by atoms with E-state index < -0.39 is 10.2 Å². The van der Waals surface area contributed by atoms with Crippen LogP contribution in [0.4, 0.5) is 0 Å². The van der Waals surface area contributed by atoms with Crippen molar-refractivity contribution in [2.24, 2.45) is 0 Å². The first-order valence-electron chi connectivity index (χ1n) is 6.47. The molecule has 0 atom stereocenters. The largest absolute Gasteiger partial charge is 0.279 e. The molecule has 0 aromatic rings. The summed E-state index contributed by atoms with van der Waals surface area (Å²) in [5.74, 6) is 0. The maximum atomic E-state index is 11.9. The van der Waals surface area contributed by atoms with Gasteiger partial charge in [-0.15, -0.1) is 0 Å². The lowest BCUT2D eigenvalue weighted by molar-refractivity contribution is 0.341. The van der Waals surface area contributed by atoms with Gasteiger partial charge in [0.1, 0.15) is 0 Å².